The summed E-state index contributed by atoms with van der Waals surface area (Å²) in [6.45, 7) is 0. The highest BCUT2D eigenvalue weighted by molar-refractivity contribution is 6.30. The molecule has 0 saturated heterocycles. The summed E-state index contributed by atoms with van der Waals surface area (Å²) >= 11 is 5.82. The Balaban J connectivity index is 1.77. The van der Waals surface area contributed by atoms with Crippen LogP contribution in [0, 0.1) is 0 Å². The van der Waals surface area contributed by atoms with Gasteiger partial charge in [0.15, 0.2) is 0 Å². The van der Waals surface area contributed by atoms with Gasteiger partial charge >= 0.3 is 5.97 Å². The number of halogens is 1. The molecule has 0 spiro atoms. The molecule has 22 heavy (non-hydrogen) atoms. The summed E-state index contributed by atoms with van der Waals surface area (Å²) in [5.74, 6) is 0.148. The van der Waals surface area contributed by atoms with Crippen LogP contribution in [0.2, 0.25) is 5.02 Å². The molecule has 0 heterocycles. The van der Waals surface area contributed by atoms with E-state index in [-0.39, 0.29) is 0 Å². The van der Waals surface area contributed by atoms with Crippen molar-refractivity contribution in [2.75, 3.05) is 0 Å². The normalized spacial score (nSPS) is 11.0. The fourth-order valence-electron chi connectivity index (χ4n) is 2.17. The molecule has 3 rings (SSSR count). The van der Waals surface area contributed by atoms with Gasteiger partial charge in [0, 0.05) is 16.5 Å². The van der Waals surface area contributed by atoms with Crippen LogP contribution in [0.1, 0.15) is 5.56 Å². The zero-order valence-electron chi connectivity index (χ0n) is 11.7. The fourth-order valence-corrected chi connectivity index (χ4v) is 2.29. The molecule has 0 radical (unpaired) electrons. The molecule has 0 aliphatic rings. The lowest BCUT2D eigenvalue weighted by Gasteiger charge is -2.05. The van der Waals surface area contributed by atoms with E-state index in [2.05, 4.69) is 0 Å². The van der Waals surface area contributed by atoms with Gasteiger partial charge in [-0.3, -0.25) is 0 Å². The van der Waals surface area contributed by atoms with Crippen LogP contribution in [0.3, 0.4) is 0 Å². The number of esters is 1. The smallest absolute Gasteiger partial charge is 0.336 e. The molecule has 3 aromatic carbocycles. The molecule has 2 nitrogen and oxygen atoms in total. The first kappa shape index (κ1) is 14.4. The average molecular weight is 309 g/mol. The van der Waals surface area contributed by atoms with Gasteiger partial charge in [0.25, 0.3) is 0 Å². The molecule has 0 fully saturated rings. The lowest BCUT2D eigenvalue weighted by Crippen LogP contribution is -2.03. The number of rotatable bonds is 3. The second-order valence-corrected chi connectivity index (χ2v) is 5.22. The van der Waals surface area contributed by atoms with Gasteiger partial charge in [0.05, 0.1) is 0 Å². The molecular formula is C19H13ClO2. The van der Waals surface area contributed by atoms with Gasteiger partial charge in [-0.05, 0) is 35.2 Å². The van der Waals surface area contributed by atoms with Crippen molar-refractivity contribution in [3.05, 3.63) is 83.4 Å². The van der Waals surface area contributed by atoms with Crippen LogP contribution in [0.15, 0.2) is 72.8 Å². The molecule has 0 saturated carbocycles. The van der Waals surface area contributed by atoms with Crippen LogP contribution >= 0.6 is 11.6 Å². The van der Waals surface area contributed by atoms with E-state index in [1.54, 1.807) is 24.3 Å². The van der Waals surface area contributed by atoms with Crippen molar-refractivity contribution in [3.8, 4) is 5.75 Å². The third kappa shape index (κ3) is 3.35. The molecule has 0 atom stereocenters. The van der Waals surface area contributed by atoms with Crippen LogP contribution in [0.5, 0.6) is 5.75 Å². The van der Waals surface area contributed by atoms with Crippen LogP contribution in [-0.2, 0) is 4.79 Å². The van der Waals surface area contributed by atoms with Crippen LogP contribution in [-0.4, -0.2) is 5.97 Å². The first-order valence-electron chi connectivity index (χ1n) is 6.85. The topological polar surface area (TPSA) is 26.3 Å². The van der Waals surface area contributed by atoms with Crippen molar-refractivity contribution in [3.63, 3.8) is 0 Å². The lowest BCUT2D eigenvalue weighted by atomic mass is 10.1. The van der Waals surface area contributed by atoms with E-state index in [9.17, 15) is 4.79 Å². The maximum atomic E-state index is 12.0. The third-order valence-electron chi connectivity index (χ3n) is 3.24. The Morgan fingerprint density at radius 1 is 0.909 bits per heavy atom. The molecule has 0 aliphatic carbocycles. The Morgan fingerprint density at radius 2 is 1.64 bits per heavy atom. The highest BCUT2D eigenvalue weighted by Gasteiger charge is 2.05. The molecule has 108 valence electrons. The van der Waals surface area contributed by atoms with E-state index in [1.165, 1.54) is 6.08 Å². The number of fused-ring (bicyclic) bond motifs is 1. The summed E-state index contributed by atoms with van der Waals surface area (Å²) < 4.78 is 5.42. The van der Waals surface area contributed by atoms with Crippen LogP contribution < -0.4 is 4.74 Å². The van der Waals surface area contributed by atoms with Crippen molar-refractivity contribution in [2.45, 2.75) is 0 Å². The van der Waals surface area contributed by atoms with E-state index in [0.717, 1.165) is 16.3 Å². The molecule has 0 N–H and O–H groups in total. The van der Waals surface area contributed by atoms with Gasteiger partial charge in [-0.1, -0.05) is 60.1 Å². The number of hydrogen-bond acceptors (Lipinski definition) is 2. The molecule has 0 amide bonds. The summed E-state index contributed by atoms with van der Waals surface area (Å²) in [4.78, 5) is 12.0. The quantitative estimate of drug-likeness (QED) is 0.382. The van der Waals surface area contributed by atoms with Crippen LogP contribution in [0.4, 0.5) is 0 Å². The SMILES string of the molecule is O=C(/C=C/c1ccc(Cl)cc1)Oc1cccc2ccccc12. The molecular weight excluding hydrogens is 296 g/mol. The monoisotopic (exact) mass is 308 g/mol. The Bertz CT molecular complexity index is 830. The molecule has 3 heteroatoms. The third-order valence-corrected chi connectivity index (χ3v) is 3.49. The van der Waals surface area contributed by atoms with E-state index in [1.807, 2.05) is 48.5 Å². The van der Waals surface area contributed by atoms with Crippen molar-refractivity contribution < 1.29 is 9.53 Å². The molecule has 3 aromatic rings. The average Bonchev–Trinajstić information content (AvgIpc) is 2.55. The standard InChI is InChI=1S/C19H13ClO2/c20-16-11-8-14(9-12-16)10-13-19(21)22-18-7-3-5-15-4-1-2-6-17(15)18/h1-13H/b13-10+. The second-order valence-electron chi connectivity index (χ2n) is 4.78. The number of ether oxygens (including phenoxy) is 1. The largest absolute Gasteiger partial charge is 0.423 e. The van der Waals surface area contributed by atoms with Gasteiger partial charge in [0.2, 0.25) is 0 Å². The zero-order chi connectivity index (χ0) is 15.4. The lowest BCUT2D eigenvalue weighted by molar-refractivity contribution is -0.128. The maximum Gasteiger partial charge on any atom is 0.336 e. The first-order valence-corrected chi connectivity index (χ1v) is 7.23. The molecule has 0 unspecified atom stereocenters. The number of carbonyl (C=O) groups is 1. The first-order chi connectivity index (χ1) is 10.7. The summed E-state index contributed by atoms with van der Waals surface area (Å²) in [7, 11) is 0. The van der Waals surface area contributed by atoms with Gasteiger partial charge in [-0.25, -0.2) is 4.79 Å². The van der Waals surface area contributed by atoms with Crippen molar-refractivity contribution >= 4 is 34.4 Å². The minimum absolute atomic E-state index is 0.411. The molecule has 0 aromatic heterocycles. The summed E-state index contributed by atoms with van der Waals surface area (Å²) in [6.07, 6.45) is 3.11. The van der Waals surface area contributed by atoms with Gasteiger partial charge < -0.3 is 4.74 Å². The highest BCUT2D eigenvalue weighted by Crippen LogP contribution is 2.25. The number of hydrogen-bond donors (Lipinski definition) is 0. The highest BCUT2D eigenvalue weighted by atomic mass is 35.5. The summed E-state index contributed by atoms with van der Waals surface area (Å²) in [5, 5.41) is 2.61. The van der Waals surface area contributed by atoms with Crippen LogP contribution in [0.25, 0.3) is 16.8 Å². The maximum absolute atomic E-state index is 12.0. The van der Waals surface area contributed by atoms with E-state index in [4.69, 9.17) is 16.3 Å². The Morgan fingerprint density at radius 3 is 2.45 bits per heavy atom. The predicted octanol–water partition coefficient (Wildman–Crippen LogP) is 5.11. The van der Waals surface area contributed by atoms with Crippen molar-refractivity contribution in [1.82, 2.24) is 0 Å². The van der Waals surface area contributed by atoms with Gasteiger partial charge in [-0.2, -0.15) is 0 Å². The molecule has 0 aliphatic heterocycles. The Hall–Kier alpha value is -2.58. The number of benzene rings is 3. The van der Waals surface area contributed by atoms with Gasteiger partial charge in [-0.15, -0.1) is 0 Å². The van der Waals surface area contributed by atoms with E-state index >= 15 is 0 Å². The Kier molecular flexibility index (Phi) is 4.22. The number of carbonyl (C=O) groups excluding carboxylic acids is 1. The molecule has 0 bridgehead atoms. The van der Waals surface area contributed by atoms with Gasteiger partial charge in [0.1, 0.15) is 5.75 Å². The fraction of sp³-hybridized carbons (Fsp3) is 0. The van der Waals surface area contributed by atoms with E-state index < -0.39 is 5.97 Å². The second kappa shape index (κ2) is 6.46. The minimum Gasteiger partial charge on any atom is -0.423 e. The predicted molar refractivity (Wildman–Crippen MR) is 90.1 cm³/mol. The minimum atomic E-state index is -0.411. The Labute approximate surface area is 133 Å². The van der Waals surface area contributed by atoms with Crippen molar-refractivity contribution in [2.24, 2.45) is 0 Å². The van der Waals surface area contributed by atoms with Crippen molar-refractivity contribution in [1.29, 1.82) is 0 Å². The van der Waals surface area contributed by atoms with E-state index in [0.29, 0.717) is 10.8 Å². The summed E-state index contributed by atoms with van der Waals surface area (Å²) in [6, 6.07) is 20.7. The zero-order valence-corrected chi connectivity index (χ0v) is 12.5. The summed E-state index contributed by atoms with van der Waals surface area (Å²) in [5.41, 5.74) is 0.888.